The molecule has 166 valence electrons. The Kier molecular flexibility index (Phi) is 7.80. The molecule has 0 saturated heterocycles. The molecular weight excluding hydrogens is 471 g/mol. The van der Waals surface area contributed by atoms with Crippen molar-refractivity contribution in [2.75, 3.05) is 22.8 Å². The second kappa shape index (κ2) is 10.5. The van der Waals surface area contributed by atoms with Crippen LogP contribution in [0.25, 0.3) is 0 Å². The normalized spacial score (nSPS) is 10.9. The molecule has 0 aliphatic carbocycles. The number of amides is 1. The molecule has 0 fully saturated rings. The first-order valence-corrected chi connectivity index (χ1v) is 11.7. The van der Waals surface area contributed by atoms with Gasteiger partial charge >= 0.3 is 0 Å². The highest BCUT2D eigenvalue weighted by atomic mass is 35.5. The summed E-state index contributed by atoms with van der Waals surface area (Å²) in [6.45, 7) is 3.44. The summed E-state index contributed by atoms with van der Waals surface area (Å²) in [4.78, 5) is 12.8. The zero-order valence-electron chi connectivity index (χ0n) is 16.9. The average molecular weight is 491 g/mol. The van der Waals surface area contributed by atoms with Gasteiger partial charge in [-0.3, -0.25) is 9.10 Å². The minimum Gasteiger partial charge on any atom is -0.490 e. The maximum absolute atomic E-state index is 13.3. The van der Waals surface area contributed by atoms with Gasteiger partial charge in [-0.05, 0) is 54.6 Å². The smallest absolute Gasteiger partial charge is 0.264 e. The minimum absolute atomic E-state index is 0.0209. The summed E-state index contributed by atoms with van der Waals surface area (Å²) in [6, 6.07) is 18.9. The maximum Gasteiger partial charge on any atom is 0.264 e. The van der Waals surface area contributed by atoms with Gasteiger partial charge in [-0.25, -0.2) is 8.42 Å². The number of nitrogens with zero attached hydrogens (tertiary/aromatic N) is 1. The van der Waals surface area contributed by atoms with E-state index in [2.05, 4.69) is 11.9 Å². The molecule has 0 atom stereocenters. The average Bonchev–Trinajstić information content (AvgIpc) is 2.79. The Bertz CT molecular complexity index is 1200. The van der Waals surface area contributed by atoms with Crippen molar-refractivity contribution in [2.24, 2.45) is 0 Å². The number of carbonyl (C=O) groups is 1. The number of rotatable bonds is 9. The van der Waals surface area contributed by atoms with Gasteiger partial charge in [0.1, 0.15) is 18.9 Å². The lowest BCUT2D eigenvalue weighted by molar-refractivity contribution is -0.114. The fraction of sp³-hybridized carbons (Fsp3) is 0.0870. The molecule has 1 amide bonds. The minimum atomic E-state index is -4.10. The predicted molar refractivity (Wildman–Crippen MR) is 128 cm³/mol. The summed E-state index contributed by atoms with van der Waals surface area (Å²) >= 11 is 12.3. The van der Waals surface area contributed by atoms with Crippen LogP contribution in [0.3, 0.4) is 0 Å². The highest BCUT2D eigenvalue weighted by Gasteiger charge is 2.29. The van der Waals surface area contributed by atoms with Crippen LogP contribution in [-0.2, 0) is 14.8 Å². The van der Waals surface area contributed by atoms with E-state index in [1.165, 1.54) is 30.3 Å². The summed E-state index contributed by atoms with van der Waals surface area (Å²) in [7, 11) is -4.10. The van der Waals surface area contributed by atoms with Crippen molar-refractivity contribution < 1.29 is 17.9 Å². The summed E-state index contributed by atoms with van der Waals surface area (Å²) in [5, 5.41) is 3.12. The number of nitrogens with one attached hydrogen (secondary N) is 1. The van der Waals surface area contributed by atoms with Crippen molar-refractivity contribution in [3.8, 4) is 5.75 Å². The molecule has 32 heavy (non-hydrogen) atoms. The van der Waals surface area contributed by atoms with Crippen LogP contribution in [0.4, 0.5) is 11.4 Å². The van der Waals surface area contributed by atoms with E-state index in [0.717, 1.165) is 4.31 Å². The van der Waals surface area contributed by atoms with Crippen molar-refractivity contribution >= 4 is 50.5 Å². The van der Waals surface area contributed by atoms with Crippen LogP contribution >= 0.6 is 23.2 Å². The lowest BCUT2D eigenvalue weighted by Gasteiger charge is -2.25. The van der Waals surface area contributed by atoms with Gasteiger partial charge in [0, 0.05) is 10.7 Å². The first-order valence-electron chi connectivity index (χ1n) is 9.47. The van der Waals surface area contributed by atoms with Gasteiger partial charge in [0.15, 0.2) is 0 Å². The number of sulfonamides is 1. The van der Waals surface area contributed by atoms with Crippen molar-refractivity contribution in [3.63, 3.8) is 0 Å². The second-order valence-electron chi connectivity index (χ2n) is 6.59. The van der Waals surface area contributed by atoms with Crippen LogP contribution in [-0.4, -0.2) is 27.5 Å². The SMILES string of the molecule is C=CCOc1ccc(NC(=O)CN(c2cc(Cl)ccc2Cl)S(=O)(=O)c2ccccc2)cc1. The fourth-order valence-corrected chi connectivity index (χ4v) is 4.71. The summed E-state index contributed by atoms with van der Waals surface area (Å²) in [5.41, 5.74) is 0.585. The third-order valence-electron chi connectivity index (χ3n) is 4.30. The molecule has 0 saturated carbocycles. The highest BCUT2D eigenvalue weighted by molar-refractivity contribution is 7.92. The molecule has 3 rings (SSSR count). The Morgan fingerprint density at radius 1 is 1.03 bits per heavy atom. The summed E-state index contributed by atoms with van der Waals surface area (Å²) < 4.78 is 33.0. The topological polar surface area (TPSA) is 75.7 Å². The van der Waals surface area contributed by atoms with Crippen molar-refractivity contribution in [3.05, 3.63) is 95.5 Å². The Labute approximate surface area is 197 Å². The number of ether oxygens (including phenoxy) is 1. The van der Waals surface area contributed by atoms with E-state index in [1.54, 1.807) is 48.5 Å². The van der Waals surface area contributed by atoms with E-state index >= 15 is 0 Å². The number of halogens is 2. The fourth-order valence-electron chi connectivity index (χ4n) is 2.82. The maximum atomic E-state index is 13.3. The van der Waals surface area contributed by atoms with Gasteiger partial charge < -0.3 is 10.1 Å². The first kappa shape index (κ1) is 23.7. The molecule has 0 bridgehead atoms. The van der Waals surface area contributed by atoms with Gasteiger partial charge in [0.05, 0.1) is 15.6 Å². The largest absolute Gasteiger partial charge is 0.490 e. The molecule has 0 unspecified atom stereocenters. The number of hydrogen-bond donors (Lipinski definition) is 1. The van der Waals surface area contributed by atoms with E-state index in [-0.39, 0.29) is 20.6 Å². The molecule has 0 aliphatic heterocycles. The van der Waals surface area contributed by atoms with E-state index in [0.29, 0.717) is 18.0 Å². The zero-order chi connectivity index (χ0) is 23.1. The van der Waals surface area contributed by atoms with Crippen LogP contribution in [0.5, 0.6) is 5.75 Å². The van der Waals surface area contributed by atoms with Crippen molar-refractivity contribution in [1.82, 2.24) is 0 Å². The number of anilines is 2. The van der Waals surface area contributed by atoms with E-state index in [4.69, 9.17) is 27.9 Å². The van der Waals surface area contributed by atoms with E-state index in [1.807, 2.05) is 0 Å². The first-order chi connectivity index (χ1) is 15.3. The molecule has 9 heteroatoms. The molecule has 0 heterocycles. The van der Waals surface area contributed by atoms with Crippen molar-refractivity contribution in [2.45, 2.75) is 4.90 Å². The summed E-state index contributed by atoms with van der Waals surface area (Å²) in [5.74, 6) is 0.0576. The van der Waals surface area contributed by atoms with Crippen LogP contribution in [0.15, 0.2) is 90.3 Å². The Morgan fingerprint density at radius 2 is 1.72 bits per heavy atom. The lowest BCUT2D eigenvalue weighted by Crippen LogP contribution is -2.38. The van der Waals surface area contributed by atoms with Gasteiger partial charge in [-0.1, -0.05) is 54.1 Å². The number of benzene rings is 3. The van der Waals surface area contributed by atoms with Crippen molar-refractivity contribution in [1.29, 1.82) is 0 Å². The van der Waals surface area contributed by atoms with Crippen LogP contribution in [0.2, 0.25) is 10.0 Å². The van der Waals surface area contributed by atoms with Crippen LogP contribution in [0, 0.1) is 0 Å². The van der Waals surface area contributed by atoms with Gasteiger partial charge in [-0.2, -0.15) is 0 Å². The Morgan fingerprint density at radius 3 is 2.38 bits per heavy atom. The Hall–Kier alpha value is -3.00. The van der Waals surface area contributed by atoms with Gasteiger partial charge in [0.25, 0.3) is 10.0 Å². The zero-order valence-corrected chi connectivity index (χ0v) is 19.2. The lowest BCUT2D eigenvalue weighted by atomic mass is 10.3. The molecule has 1 N–H and O–H groups in total. The van der Waals surface area contributed by atoms with Gasteiger partial charge in [-0.15, -0.1) is 0 Å². The third kappa shape index (κ3) is 5.82. The Balaban J connectivity index is 1.88. The standard InChI is InChI=1S/C23H20Cl2N2O4S/c1-2-14-31-19-11-9-18(10-12-19)26-23(28)16-27(22-15-17(24)8-13-21(22)25)32(29,30)20-6-4-3-5-7-20/h2-13,15H,1,14,16H2,(H,26,28). The highest BCUT2D eigenvalue weighted by Crippen LogP contribution is 2.33. The molecule has 0 radical (unpaired) electrons. The van der Waals surface area contributed by atoms with Crippen LogP contribution < -0.4 is 14.4 Å². The third-order valence-corrected chi connectivity index (χ3v) is 6.63. The van der Waals surface area contributed by atoms with E-state index < -0.39 is 22.5 Å². The monoisotopic (exact) mass is 490 g/mol. The number of hydrogen-bond acceptors (Lipinski definition) is 4. The summed E-state index contributed by atoms with van der Waals surface area (Å²) in [6.07, 6.45) is 1.62. The van der Waals surface area contributed by atoms with Gasteiger partial charge in [0.2, 0.25) is 5.91 Å². The molecule has 3 aromatic rings. The molecule has 3 aromatic carbocycles. The molecule has 0 spiro atoms. The molecular formula is C23H20Cl2N2O4S. The van der Waals surface area contributed by atoms with Crippen LogP contribution in [0.1, 0.15) is 0 Å². The molecule has 0 aliphatic rings. The quantitative estimate of drug-likeness (QED) is 0.407. The molecule has 0 aromatic heterocycles. The second-order valence-corrected chi connectivity index (χ2v) is 9.30. The predicted octanol–water partition coefficient (Wildman–Crippen LogP) is 5.39. The number of carbonyl (C=O) groups excluding carboxylic acids is 1. The van der Waals surface area contributed by atoms with E-state index in [9.17, 15) is 13.2 Å². The molecule has 6 nitrogen and oxygen atoms in total.